The Balaban J connectivity index is 1.53. The van der Waals surface area contributed by atoms with Crippen LogP contribution in [-0.4, -0.2) is 47.7 Å². The van der Waals surface area contributed by atoms with Crippen LogP contribution in [0.15, 0.2) is 18.2 Å². The Labute approximate surface area is 186 Å². The van der Waals surface area contributed by atoms with E-state index in [0.29, 0.717) is 23.1 Å². The summed E-state index contributed by atoms with van der Waals surface area (Å²) >= 11 is 0. The summed E-state index contributed by atoms with van der Waals surface area (Å²) in [6, 6.07) is 3.28. The number of nitrogens with two attached hydrogens (primary N) is 1. The van der Waals surface area contributed by atoms with E-state index < -0.39 is 17.8 Å². The maximum atomic E-state index is 13.2. The van der Waals surface area contributed by atoms with Crippen LogP contribution < -0.4 is 11.1 Å². The Morgan fingerprint density at radius 1 is 1.22 bits per heavy atom. The van der Waals surface area contributed by atoms with Gasteiger partial charge in [0.15, 0.2) is 0 Å². The van der Waals surface area contributed by atoms with Gasteiger partial charge in [-0.2, -0.15) is 13.2 Å². The number of nitrogen functional groups attached to an aromatic ring is 1. The van der Waals surface area contributed by atoms with Crippen molar-refractivity contribution in [3.63, 3.8) is 0 Å². The monoisotopic (exact) mass is 449 g/mol. The number of alkyl halides is 3. The number of anilines is 2. The van der Waals surface area contributed by atoms with Gasteiger partial charge in [-0.25, -0.2) is 9.97 Å². The third kappa shape index (κ3) is 5.32. The average molecular weight is 450 g/mol. The van der Waals surface area contributed by atoms with Crippen LogP contribution in [0.2, 0.25) is 0 Å². The molecule has 0 amide bonds. The number of nitrogens with one attached hydrogen (secondary N) is 1. The molecule has 0 radical (unpaired) electrons. The van der Waals surface area contributed by atoms with Gasteiger partial charge >= 0.3 is 6.18 Å². The quantitative estimate of drug-likeness (QED) is 0.672. The fourth-order valence-corrected chi connectivity index (χ4v) is 4.54. The lowest BCUT2D eigenvalue weighted by Crippen LogP contribution is -2.32. The topological polar surface area (TPSA) is 76.3 Å². The van der Waals surface area contributed by atoms with Crippen molar-refractivity contribution in [2.24, 2.45) is 5.92 Å². The van der Waals surface area contributed by atoms with Crippen LogP contribution in [0.25, 0.3) is 0 Å². The number of ether oxygens (including phenoxy) is 1. The second kappa shape index (κ2) is 9.23. The summed E-state index contributed by atoms with van der Waals surface area (Å²) in [5.41, 5.74) is 7.64. The fourth-order valence-electron chi connectivity index (χ4n) is 4.54. The molecule has 32 heavy (non-hydrogen) atoms. The highest BCUT2D eigenvalue weighted by Crippen LogP contribution is 2.34. The molecule has 3 N–H and O–H groups in total. The number of hydrogen-bond donors (Lipinski definition) is 2. The molecule has 0 aliphatic carbocycles. The van der Waals surface area contributed by atoms with E-state index in [-0.39, 0.29) is 5.69 Å². The first-order chi connectivity index (χ1) is 15.2. The molecule has 1 fully saturated rings. The Morgan fingerprint density at radius 2 is 2.00 bits per heavy atom. The molecule has 1 aromatic heterocycles. The van der Waals surface area contributed by atoms with Gasteiger partial charge in [-0.05, 0) is 56.4 Å². The van der Waals surface area contributed by atoms with Crippen LogP contribution in [0.4, 0.5) is 24.7 Å². The highest BCUT2D eigenvalue weighted by Gasteiger charge is 2.31. The van der Waals surface area contributed by atoms with Gasteiger partial charge in [0.25, 0.3) is 0 Å². The first-order valence-electron chi connectivity index (χ1n) is 11.1. The lowest BCUT2D eigenvalue weighted by Gasteiger charge is -2.22. The van der Waals surface area contributed by atoms with E-state index in [4.69, 9.17) is 10.5 Å². The predicted octanol–water partition coefficient (Wildman–Crippen LogP) is 4.00. The molecule has 1 saturated heterocycles. The van der Waals surface area contributed by atoms with E-state index in [2.05, 4.69) is 20.2 Å². The highest BCUT2D eigenvalue weighted by atomic mass is 19.4. The largest absolute Gasteiger partial charge is 0.416 e. The lowest BCUT2D eigenvalue weighted by atomic mass is 10.0. The summed E-state index contributed by atoms with van der Waals surface area (Å²) in [5, 5.41) is 3.34. The van der Waals surface area contributed by atoms with Crippen LogP contribution >= 0.6 is 0 Å². The summed E-state index contributed by atoms with van der Waals surface area (Å²) in [7, 11) is 0. The van der Waals surface area contributed by atoms with Crippen molar-refractivity contribution < 1.29 is 17.9 Å². The van der Waals surface area contributed by atoms with Crippen molar-refractivity contribution >= 4 is 11.5 Å². The minimum absolute atomic E-state index is 0.0905. The van der Waals surface area contributed by atoms with Crippen molar-refractivity contribution in [3.05, 3.63) is 46.4 Å². The number of aryl methyl sites for hydroxylation is 1. The summed E-state index contributed by atoms with van der Waals surface area (Å²) in [5.74, 6) is 1.93. The van der Waals surface area contributed by atoms with Crippen molar-refractivity contribution in [3.8, 4) is 0 Å². The minimum Gasteiger partial charge on any atom is -0.399 e. The molecular weight excluding hydrogens is 419 g/mol. The van der Waals surface area contributed by atoms with Crippen LogP contribution in [0.5, 0.6) is 0 Å². The third-order valence-electron chi connectivity index (χ3n) is 6.25. The smallest absolute Gasteiger partial charge is 0.399 e. The third-order valence-corrected chi connectivity index (χ3v) is 6.25. The van der Waals surface area contributed by atoms with E-state index in [1.54, 1.807) is 6.07 Å². The van der Waals surface area contributed by atoms with Crippen molar-refractivity contribution in [2.45, 2.75) is 45.3 Å². The van der Waals surface area contributed by atoms with Crippen LogP contribution in [0.3, 0.4) is 0 Å². The number of fused-ring (bicyclic) bond motifs is 1. The molecule has 0 bridgehead atoms. The zero-order valence-corrected chi connectivity index (χ0v) is 18.5. The summed E-state index contributed by atoms with van der Waals surface area (Å²) < 4.78 is 45.2. The van der Waals surface area contributed by atoms with Crippen LogP contribution in [-0.2, 0) is 23.8 Å². The molecular formula is C23H30F3N5O. The number of aromatic nitrogens is 2. The van der Waals surface area contributed by atoms with Gasteiger partial charge in [-0.15, -0.1) is 0 Å². The molecule has 174 valence electrons. The summed E-state index contributed by atoms with van der Waals surface area (Å²) in [6.45, 7) is 8.18. The Bertz CT molecular complexity index is 959. The lowest BCUT2D eigenvalue weighted by molar-refractivity contribution is -0.137. The van der Waals surface area contributed by atoms with E-state index in [1.165, 1.54) is 0 Å². The SMILES string of the molecule is Cc1nc2c(c(N[C@H](C)c3cc(N)cc(C(F)(F)F)c3)n1)CCN(CC1CCOC1)CC2. The second-order valence-corrected chi connectivity index (χ2v) is 8.83. The molecule has 2 aromatic rings. The van der Waals surface area contributed by atoms with Gasteiger partial charge in [-0.3, -0.25) is 0 Å². The molecule has 2 atom stereocenters. The minimum atomic E-state index is -4.44. The van der Waals surface area contributed by atoms with E-state index in [0.717, 1.165) is 75.5 Å². The van der Waals surface area contributed by atoms with Crippen molar-refractivity contribution in [1.82, 2.24) is 14.9 Å². The number of halogens is 3. The number of nitrogens with zero attached hydrogens (tertiary/aromatic N) is 3. The molecule has 2 aliphatic heterocycles. The number of benzene rings is 1. The summed E-state index contributed by atoms with van der Waals surface area (Å²) in [6.07, 6.45) is -1.72. The van der Waals surface area contributed by atoms with Crippen LogP contribution in [0.1, 0.15) is 47.6 Å². The first-order valence-corrected chi connectivity index (χ1v) is 11.1. The van der Waals surface area contributed by atoms with Gasteiger partial charge in [-0.1, -0.05) is 0 Å². The molecule has 1 unspecified atom stereocenters. The van der Waals surface area contributed by atoms with E-state index in [9.17, 15) is 13.2 Å². The molecule has 2 aliphatic rings. The molecule has 3 heterocycles. The van der Waals surface area contributed by atoms with Gasteiger partial charge in [0.2, 0.25) is 0 Å². The summed E-state index contributed by atoms with van der Waals surface area (Å²) in [4.78, 5) is 11.7. The van der Waals surface area contributed by atoms with Crippen molar-refractivity contribution in [2.75, 3.05) is 43.9 Å². The molecule has 0 saturated carbocycles. The average Bonchev–Trinajstić information content (AvgIpc) is 3.14. The maximum Gasteiger partial charge on any atom is 0.416 e. The Kier molecular flexibility index (Phi) is 6.57. The molecule has 1 aromatic carbocycles. The zero-order chi connectivity index (χ0) is 22.9. The van der Waals surface area contributed by atoms with E-state index >= 15 is 0 Å². The second-order valence-electron chi connectivity index (χ2n) is 8.83. The fraction of sp³-hybridized carbons (Fsp3) is 0.565. The number of hydrogen-bond acceptors (Lipinski definition) is 6. The Morgan fingerprint density at radius 3 is 2.72 bits per heavy atom. The van der Waals surface area contributed by atoms with Crippen LogP contribution in [0, 0.1) is 12.8 Å². The van der Waals surface area contributed by atoms with Gasteiger partial charge in [0, 0.05) is 43.9 Å². The van der Waals surface area contributed by atoms with Crippen molar-refractivity contribution in [1.29, 1.82) is 0 Å². The first kappa shape index (κ1) is 22.8. The normalized spacial score (nSPS) is 20.6. The molecule has 0 spiro atoms. The number of rotatable bonds is 5. The molecule has 9 heteroatoms. The maximum absolute atomic E-state index is 13.2. The highest BCUT2D eigenvalue weighted by molar-refractivity contribution is 5.52. The molecule has 4 rings (SSSR count). The van der Waals surface area contributed by atoms with E-state index in [1.807, 2.05) is 13.8 Å². The predicted molar refractivity (Wildman–Crippen MR) is 117 cm³/mol. The standard InChI is InChI=1S/C23H30F3N5O/c1-14(17-9-18(23(24,25)26)11-19(27)10-17)28-22-20-3-6-31(12-16-5-8-32-13-16)7-4-21(20)29-15(2)30-22/h9-11,14,16H,3-8,12-13,27H2,1-2H3,(H,28,29,30)/t14-,16?/m1/s1. The Hall–Kier alpha value is -2.39. The van der Waals surface area contributed by atoms with Gasteiger partial charge in [0.05, 0.1) is 23.9 Å². The zero-order valence-electron chi connectivity index (χ0n) is 18.5. The van der Waals surface area contributed by atoms with Gasteiger partial charge < -0.3 is 20.7 Å². The molecule has 6 nitrogen and oxygen atoms in total. The van der Waals surface area contributed by atoms with Gasteiger partial charge in [0.1, 0.15) is 11.6 Å².